The van der Waals surface area contributed by atoms with Gasteiger partial charge >= 0.3 is 11.9 Å². The van der Waals surface area contributed by atoms with Gasteiger partial charge in [-0.15, -0.1) is 0 Å². The number of alkyl halides is 2. The van der Waals surface area contributed by atoms with E-state index >= 15 is 0 Å². The number of carbonyl (C=O) groups excluding carboxylic acids is 2. The fourth-order valence-corrected chi connectivity index (χ4v) is 3.17. The highest BCUT2D eigenvalue weighted by molar-refractivity contribution is 5.80. The summed E-state index contributed by atoms with van der Waals surface area (Å²) in [5, 5.41) is 0. The van der Waals surface area contributed by atoms with Crippen molar-refractivity contribution in [3.05, 3.63) is 35.4 Å². The van der Waals surface area contributed by atoms with Crippen molar-refractivity contribution in [3.63, 3.8) is 0 Å². The third-order valence-corrected chi connectivity index (χ3v) is 4.67. The second kappa shape index (κ2) is 7.72. The van der Waals surface area contributed by atoms with Gasteiger partial charge in [0.25, 0.3) is 0 Å². The van der Waals surface area contributed by atoms with E-state index in [-0.39, 0.29) is 17.9 Å². The van der Waals surface area contributed by atoms with Gasteiger partial charge in [0.2, 0.25) is 5.91 Å². The molecule has 0 aromatic heterocycles. The zero-order valence-corrected chi connectivity index (χ0v) is 15.9. The maximum Gasteiger partial charge on any atom is 0.377 e. The number of hydrogen-bond acceptors (Lipinski definition) is 3. The van der Waals surface area contributed by atoms with Gasteiger partial charge in [-0.05, 0) is 29.9 Å². The van der Waals surface area contributed by atoms with Crippen molar-refractivity contribution in [1.82, 2.24) is 4.90 Å². The lowest BCUT2D eigenvalue weighted by Gasteiger charge is -2.31. The Morgan fingerprint density at radius 1 is 1.23 bits per heavy atom. The molecule has 1 heterocycles. The van der Waals surface area contributed by atoms with E-state index in [1.54, 1.807) is 12.1 Å². The van der Waals surface area contributed by atoms with Crippen molar-refractivity contribution in [3.8, 4) is 0 Å². The van der Waals surface area contributed by atoms with Gasteiger partial charge in [0.15, 0.2) is 0 Å². The Bertz CT molecular complexity index is 650. The van der Waals surface area contributed by atoms with Gasteiger partial charge < -0.3 is 9.64 Å². The van der Waals surface area contributed by atoms with E-state index in [2.05, 4.69) is 25.5 Å². The van der Waals surface area contributed by atoms with Crippen molar-refractivity contribution >= 4 is 11.9 Å². The minimum Gasteiger partial charge on any atom is -0.462 e. The van der Waals surface area contributed by atoms with Crippen LogP contribution in [0.1, 0.15) is 64.1 Å². The molecule has 0 spiro atoms. The number of hydrogen-bond donors (Lipinski definition) is 0. The van der Waals surface area contributed by atoms with E-state index in [9.17, 15) is 18.4 Å². The third-order valence-electron chi connectivity index (χ3n) is 4.67. The quantitative estimate of drug-likeness (QED) is 0.707. The number of ether oxygens (including phenoxy) is 1. The van der Waals surface area contributed by atoms with Crippen molar-refractivity contribution in [1.29, 1.82) is 0 Å². The predicted octanol–water partition coefficient (Wildman–Crippen LogP) is 4.24. The Labute approximate surface area is 153 Å². The van der Waals surface area contributed by atoms with E-state index in [4.69, 9.17) is 0 Å². The lowest BCUT2D eigenvalue weighted by Crippen LogP contribution is -2.39. The first-order valence-electron chi connectivity index (χ1n) is 9.01. The highest BCUT2D eigenvalue weighted by atomic mass is 19.3. The first-order valence-corrected chi connectivity index (χ1v) is 9.01. The molecule has 1 aromatic rings. The normalized spacial score (nSPS) is 16.7. The Balaban J connectivity index is 2.33. The van der Waals surface area contributed by atoms with Gasteiger partial charge in [-0.1, -0.05) is 45.0 Å². The van der Waals surface area contributed by atoms with Gasteiger partial charge in [0.05, 0.1) is 12.6 Å². The molecular formula is C20H27F2NO3. The average Bonchev–Trinajstić information content (AvgIpc) is 2.98. The lowest BCUT2D eigenvalue weighted by molar-refractivity contribution is -0.175. The van der Waals surface area contributed by atoms with E-state index in [0.717, 1.165) is 5.56 Å². The number of nitrogens with zero attached hydrogens (tertiary/aromatic N) is 1. The third kappa shape index (κ3) is 4.59. The van der Waals surface area contributed by atoms with Gasteiger partial charge in [-0.3, -0.25) is 4.79 Å². The highest BCUT2D eigenvalue weighted by Crippen LogP contribution is 2.37. The molecule has 1 saturated heterocycles. The van der Waals surface area contributed by atoms with Crippen LogP contribution in [0.4, 0.5) is 8.78 Å². The summed E-state index contributed by atoms with van der Waals surface area (Å²) in [5.41, 5.74) is 1.62. The summed E-state index contributed by atoms with van der Waals surface area (Å²) in [7, 11) is 0. The highest BCUT2D eigenvalue weighted by Gasteiger charge is 2.45. The molecule has 0 saturated carbocycles. The maximum absolute atomic E-state index is 14.4. The SMILES string of the molecule is CCOC(=O)C(F)(F)CC(c1ccc(C(C)(C)C)cc1)N1CCCC1=O. The van der Waals surface area contributed by atoms with Crippen molar-refractivity contribution in [2.75, 3.05) is 13.2 Å². The molecule has 1 aliphatic heterocycles. The largest absolute Gasteiger partial charge is 0.462 e. The van der Waals surface area contributed by atoms with Crippen molar-refractivity contribution in [2.45, 2.75) is 64.3 Å². The number of halogens is 2. The number of likely N-dealkylation sites (tertiary alicyclic amines) is 1. The number of esters is 1. The van der Waals surface area contributed by atoms with E-state index in [1.165, 1.54) is 11.8 Å². The van der Waals surface area contributed by atoms with Gasteiger partial charge in [-0.25, -0.2) is 4.79 Å². The molecule has 1 amide bonds. The second-order valence-corrected chi connectivity index (χ2v) is 7.71. The first-order chi connectivity index (χ1) is 12.1. The number of benzene rings is 1. The fraction of sp³-hybridized carbons (Fsp3) is 0.600. The molecule has 26 heavy (non-hydrogen) atoms. The van der Waals surface area contributed by atoms with Crippen LogP contribution in [0.5, 0.6) is 0 Å². The molecule has 1 unspecified atom stereocenters. The molecule has 2 rings (SSSR count). The number of rotatable bonds is 6. The van der Waals surface area contributed by atoms with Gasteiger partial charge in [-0.2, -0.15) is 8.78 Å². The summed E-state index contributed by atoms with van der Waals surface area (Å²) in [6.45, 7) is 8.00. The van der Waals surface area contributed by atoms with E-state index in [1.807, 2.05) is 12.1 Å². The predicted molar refractivity (Wildman–Crippen MR) is 95.0 cm³/mol. The minimum absolute atomic E-state index is 0.0631. The average molecular weight is 367 g/mol. The molecule has 144 valence electrons. The topological polar surface area (TPSA) is 46.6 Å². The Kier molecular flexibility index (Phi) is 6.04. The molecule has 1 aromatic carbocycles. The number of amides is 1. The van der Waals surface area contributed by atoms with Crippen LogP contribution < -0.4 is 0 Å². The zero-order chi connectivity index (χ0) is 19.5. The molecule has 1 aliphatic rings. The summed E-state index contributed by atoms with van der Waals surface area (Å²) in [4.78, 5) is 25.3. The van der Waals surface area contributed by atoms with Crippen LogP contribution in [-0.4, -0.2) is 35.9 Å². The lowest BCUT2D eigenvalue weighted by atomic mass is 9.85. The van der Waals surface area contributed by atoms with Crippen LogP contribution in [-0.2, 0) is 19.7 Å². The first kappa shape index (κ1) is 20.3. The molecule has 6 heteroatoms. The molecule has 1 fully saturated rings. The Morgan fingerprint density at radius 3 is 2.31 bits per heavy atom. The molecule has 0 bridgehead atoms. The molecule has 4 nitrogen and oxygen atoms in total. The Morgan fingerprint density at radius 2 is 1.85 bits per heavy atom. The summed E-state index contributed by atoms with van der Waals surface area (Å²) >= 11 is 0. The summed E-state index contributed by atoms with van der Waals surface area (Å²) in [6.07, 6.45) is 0.217. The van der Waals surface area contributed by atoms with Gasteiger partial charge in [0.1, 0.15) is 0 Å². The van der Waals surface area contributed by atoms with Crippen LogP contribution >= 0.6 is 0 Å². The second-order valence-electron chi connectivity index (χ2n) is 7.71. The number of carbonyl (C=O) groups is 2. The molecule has 0 N–H and O–H groups in total. The summed E-state index contributed by atoms with van der Waals surface area (Å²) in [6, 6.07) is 6.49. The van der Waals surface area contributed by atoms with Crippen LogP contribution in [0, 0.1) is 0 Å². The Hall–Kier alpha value is -1.98. The van der Waals surface area contributed by atoms with Crippen molar-refractivity contribution in [2.24, 2.45) is 0 Å². The molecular weight excluding hydrogens is 340 g/mol. The zero-order valence-electron chi connectivity index (χ0n) is 15.9. The van der Waals surface area contributed by atoms with Crippen molar-refractivity contribution < 1.29 is 23.1 Å². The standard InChI is InChI=1S/C20H27F2NO3/c1-5-26-18(25)20(21,22)13-16(23-12-6-7-17(23)24)14-8-10-15(11-9-14)19(2,3)4/h8-11,16H,5-7,12-13H2,1-4H3. The van der Waals surface area contributed by atoms with Gasteiger partial charge in [0, 0.05) is 19.4 Å². The maximum atomic E-state index is 14.4. The summed E-state index contributed by atoms with van der Waals surface area (Å²) in [5.74, 6) is -5.34. The van der Waals surface area contributed by atoms with E-state index in [0.29, 0.717) is 24.9 Å². The summed E-state index contributed by atoms with van der Waals surface area (Å²) < 4.78 is 33.3. The molecule has 0 radical (unpaired) electrons. The monoisotopic (exact) mass is 367 g/mol. The molecule has 0 aliphatic carbocycles. The van der Waals surface area contributed by atoms with Crippen LogP contribution in [0.3, 0.4) is 0 Å². The minimum atomic E-state index is -3.65. The van der Waals surface area contributed by atoms with E-state index < -0.39 is 24.4 Å². The fourth-order valence-electron chi connectivity index (χ4n) is 3.17. The molecule has 1 atom stereocenters. The van der Waals surface area contributed by atoms with Crippen LogP contribution in [0.2, 0.25) is 0 Å². The van der Waals surface area contributed by atoms with Crippen LogP contribution in [0.15, 0.2) is 24.3 Å². The van der Waals surface area contributed by atoms with Crippen LogP contribution in [0.25, 0.3) is 0 Å². The smallest absolute Gasteiger partial charge is 0.377 e.